The van der Waals surface area contributed by atoms with E-state index in [2.05, 4.69) is 20.2 Å². The molecule has 174 valence electrons. The Balaban J connectivity index is 1.48. The average Bonchev–Trinajstić information content (AvgIpc) is 2.81. The first-order valence-electron chi connectivity index (χ1n) is 10.8. The van der Waals surface area contributed by atoms with E-state index in [4.69, 9.17) is 10.5 Å². The van der Waals surface area contributed by atoms with Crippen LogP contribution < -0.4 is 11.1 Å². The molecule has 9 heteroatoms. The summed E-state index contributed by atoms with van der Waals surface area (Å²) in [6.07, 6.45) is -0.0173. The Morgan fingerprint density at radius 1 is 1.03 bits per heavy atom. The van der Waals surface area contributed by atoms with Gasteiger partial charge in [0.25, 0.3) is 0 Å². The van der Waals surface area contributed by atoms with Gasteiger partial charge in [-0.1, -0.05) is 18.2 Å². The Labute approximate surface area is 190 Å². The number of benzene rings is 2. The largest absolute Gasteiger partial charge is 0.416 e. The van der Waals surface area contributed by atoms with Gasteiger partial charge in [0.05, 0.1) is 24.3 Å². The van der Waals surface area contributed by atoms with Crippen LogP contribution in [0.3, 0.4) is 0 Å². The molecule has 1 aliphatic heterocycles. The van der Waals surface area contributed by atoms with Gasteiger partial charge >= 0.3 is 6.18 Å². The normalized spacial score (nSPS) is 15.4. The van der Waals surface area contributed by atoms with Crippen LogP contribution in [-0.2, 0) is 10.9 Å². The molecule has 4 rings (SSSR count). The lowest BCUT2D eigenvalue weighted by Crippen LogP contribution is -2.37. The van der Waals surface area contributed by atoms with Crippen molar-refractivity contribution in [3.63, 3.8) is 0 Å². The van der Waals surface area contributed by atoms with Gasteiger partial charge < -0.3 is 15.8 Å². The SMILES string of the molecule is Nc1ccc2nc(/C=C/c3ccc(C(F)(F)F)cc3)nc(NCCCN3CCOCC3)c2c1. The maximum Gasteiger partial charge on any atom is 0.416 e. The Morgan fingerprint density at radius 3 is 2.52 bits per heavy atom. The lowest BCUT2D eigenvalue weighted by atomic mass is 10.1. The van der Waals surface area contributed by atoms with Crippen molar-refractivity contribution < 1.29 is 17.9 Å². The highest BCUT2D eigenvalue weighted by Gasteiger charge is 2.29. The van der Waals surface area contributed by atoms with E-state index in [9.17, 15) is 13.2 Å². The molecule has 3 aromatic rings. The number of hydrogen-bond donors (Lipinski definition) is 2. The van der Waals surface area contributed by atoms with E-state index < -0.39 is 11.7 Å². The molecule has 2 aromatic carbocycles. The molecule has 2 heterocycles. The van der Waals surface area contributed by atoms with E-state index in [1.165, 1.54) is 12.1 Å². The predicted molar refractivity (Wildman–Crippen MR) is 125 cm³/mol. The zero-order valence-electron chi connectivity index (χ0n) is 18.1. The van der Waals surface area contributed by atoms with Gasteiger partial charge in [0.2, 0.25) is 0 Å². The molecule has 6 nitrogen and oxygen atoms in total. The highest BCUT2D eigenvalue weighted by Crippen LogP contribution is 2.29. The third-order valence-electron chi connectivity index (χ3n) is 5.45. The molecule has 0 amide bonds. The second kappa shape index (κ2) is 10.2. The van der Waals surface area contributed by atoms with Crippen LogP contribution in [0, 0.1) is 0 Å². The number of nitrogens with zero attached hydrogens (tertiary/aromatic N) is 3. The summed E-state index contributed by atoms with van der Waals surface area (Å²) in [4.78, 5) is 11.5. The van der Waals surface area contributed by atoms with Crippen molar-refractivity contribution in [2.45, 2.75) is 12.6 Å². The summed E-state index contributed by atoms with van der Waals surface area (Å²) < 4.78 is 43.7. The number of fused-ring (bicyclic) bond motifs is 1. The average molecular weight is 458 g/mol. The van der Waals surface area contributed by atoms with Crippen molar-refractivity contribution in [1.82, 2.24) is 14.9 Å². The summed E-state index contributed by atoms with van der Waals surface area (Å²) in [6, 6.07) is 10.4. The molecule has 0 aliphatic carbocycles. The summed E-state index contributed by atoms with van der Waals surface area (Å²) in [5, 5.41) is 4.22. The van der Waals surface area contributed by atoms with Crippen LogP contribution in [-0.4, -0.2) is 54.3 Å². The zero-order chi connectivity index (χ0) is 23.3. The summed E-state index contributed by atoms with van der Waals surface area (Å²) in [5.74, 6) is 1.14. The highest BCUT2D eigenvalue weighted by atomic mass is 19.4. The smallest absolute Gasteiger partial charge is 0.399 e. The van der Waals surface area contributed by atoms with Gasteiger partial charge in [-0.15, -0.1) is 0 Å². The summed E-state index contributed by atoms with van der Waals surface area (Å²) in [6.45, 7) is 5.16. The molecule has 1 aromatic heterocycles. The van der Waals surface area contributed by atoms with Gasteiger partial charge in [0.1, 0.15) is 5.82 Å². The quantitative estimate of drug-likeness (QED) is 0.401. The van der Waals surface area contributed by atoms with E-state index in [0.717, 1.165) is 68.8 Å². The van der Waals surface area contributed by atoms with Crippen LogP contribution in [0.2, 0.25) is 0 Å². The number of ether oxygens (including phenoxy) is 1. The molecule has 0 atom stereocenters. The second-order valence-electron chi connectivity index (χ2n) is 7.89. The molecular formula is C24H26F3N5O. The Hall–Kier alpha value is -3.17. The van der Waals surface area contributed by atoms with E-state index in [0.29, 0.717) is 22.9 Å². The first-order valence-corrected chi connectivity index (χ1v) is 10.8. The first-order chi connectivity index (χ1) is 15.9. The number of rotatable bonds is 7. The maximum absolute atomic E-state index is 12.8. The first kappa shape index (κ1) is 23.0. The molecule has 0 saturated carbocycles. The van der Waals surface area contributed by atoms with Gasteiger partial charge in [-0.3, -0.25) is 4.90 Å². The molecule has 0 spiro atoms. The van der Waals surface area contributed by atoms with E-state index >= 15 is 0 Å². The van der Waals surface area contributed by atoms with Crippen molar-refractivity contribution in [1.29, 1.82) is 0 Å². The van der Waals surface area contributed by atoms with Crippen LogP contribution in [0.25, 0.3) is 23.1 Å². The minimum Gasteiger partial charge on any atom is -0.399 e. The molecule has 3 N–H and O–H groups in total. The van der Waals surface area contributed by atoms with Gasteiger partial charge in [0, 0.05) is 30.7 Å². The number of alkyl halides is 3. The number of morpholine rings is 1. The van der Waals surface area contributed by atoms with Gasteiger partial charge in [-0.25, -0.2) is 9.97 Å². The third kappa shape index (κ3) is 6.21. The Morgan fingerprint density at radius 2 is 1.79 bits per heavy atom. The monoisotopic (exact) mass is 457 g/mol. The molecule has 0 radical (unpaired) electrons. The summed E-state index contributed by atoms with van der Waals surface area (Å²) >= 11 is 0. The van der Waals surface area contributed by atoms with Crippen LogP contribution in [0.4, 0.5) is 24.7 Å². The number of halogens is 3. The van der Waals surface area contributed by atoms with Crippen molar-refractivity contribution >= 4 is 34.6 Å². The van der Waals surface area contributed by atoms with E-state index in [-0.39, 0.29) is 0 Å². The predicted octanol–water partition coefficient (Wildman–Crippen LogP) is 4.54. The Bertz CT molecular complexity index is 1110. The number of aromatic nitrogens is 2. The fraction of sp³-hybridized carbons (Fsp3) is 0.333. The van der Waals surface area contributed by atoms with E-state index in [1.54, 1.807) is 18.2 Å². The van der Waals surface area contributed by atoms with Crippen LogP contribution >= 0.6 is 0 Å². The zero-order valence-corrected chi connectivity index (χ0v) is 18.1. The summed E-state index contributed by atoms with van der Waals surface area (Å²) in [5.41, 5.74) is 7.27. The fourth-order valence-electron chi connectivity index (χ4n) is 3.66. The highest BCUT2D eigenvalue weighted by molar-refractivity contribution is 5.92. The number of nitrogen functional groups attached to an aromatic ring is 1. The van der Waals surface area contributed by atoms with Crippen molar-refractivity contribution in [2.75, 3.05) is 50.4 Å². The van der Waals surface area contributed by atoms with Gasteiger partial charge in [-0.2, -0.15) is 13.2 Å². The number of nitrogens with two attached hydrogens (primary N) is 1. The number of anilines is 2. The lowest BCUT2D eigenvalue weighted by Gasteiger charge is -2.26. The van der Waals surface area contributed by atoms with Crippen LogP contribution in [0.15, 0.2) is 42.5 Å². The fourth-order valence-corrected chi connectivity index (χ4v) is 3.66. The second-order valence-corrected chi connectivity index (χ2v) is 7.89. The molecule has 1 fully saturated rings. The third-order valence-corrected chi connectivity index (χ3v) is 5.45. The summed E-state index contributed by atoms with van der Waals surface area (Å²) in [7, 11) is 0. The molecule has 0 bridgehead atoms. The van der Waals surface area contributed by atoms with Crippen LogP contribution in [0.1, 0.15) is 23.4 Å². The molecule has 1 saturated heterocycles. The number of hydrogen-bond acceptors (Lipinski definition) is 6. The van der Waals surface area contributed by atoms with Crippen molar-refractivity contribution in [3.8, 4) is 0 Å². The maximum atomic E-state index is 12.8. The topological polar surface area (TPSA) is 76.3 Å². The van der Waals surface area contributed by atoms with Crippen molar-refractivity contribution in [3.05, 3.63) is 59.4 Å². The molecule has 0 unspecified atom stereocenters. The number of nitrogens with one attached hydrogen (secondary N) is 1. The van der Waals surface area contributed by atoms with Gasteiger partial charge in [0.15, 0.2) is 5.82 Å². The van der Waals surface area contributed by atoms with Crippen molar-refractivity contribution in [2.24, 2.45) is 0 Å². The van der Waals surface area contributed by atoms with Crippen LogP contribution in [0.5, 0.6) is 0 Å². The molecular weight excluding hydrogens is 431 g/mol. The molecule has 33 heavy (non-hydrogen) atoms. The Kier molecular flexibility index (Phi) is 7.10. The van der Waals surface area contributed by atoms with E-state index in [1.807, 2.05) is 12.1 Å². The standard InChI is InChI=1S/C24H26F3N5O/c25-24(26,27)18-5-2-17(3-6-18)4-9-22-30-21-8-7-19(28)16-20(21)23(31-22)29-10-1-11-32-12-14-33-15-13-32/h2-9,16H,1,10-15,28H2,(H,29,30,31)/b9-4+. The minimum absolute atomic E-state index is 0.461. The van der Waals surface area contributed by atoms with Gasteiger partial charge in [-0.05, 0) is 54.9 Å². The minimum atomic E-state index is -4.35. The lowest BCUT2D eigenvalue weighted by molar-refractivity contribution is -0.137. The molecule has 1 aliphatic rings.